The summed E-state index contributed by atoms with van der Waals surface area (Å²) in [5, 5.41) is 2.86. The maximum absolute atomic E-state index is 12.7. The van der Waals surface area contributed by atoms with Crippen LogP contribution in [-0.4, -0.2) is 36.4 Å². The van der Waals surface area contributed by atoms with E-state index in [-0.39, 0.29) is 11.8 Å². The molecule has 1 fully saturated rings. The van der Waals surface area contributed by atoms with Crippen LogP contribution < -0.4 is 10.1 Å². The summed E-state index contributed by atoms with van der Waals surface area (Å²) in [6, 6.07) is 14.1. The quantitative estimate of drug-likeness (QED) is 0.784. The van der Waals surface area contributed by atoms with Crippen LogP contribution >= 0.6 is 0 Å². The molecule has 5 nitrogen and oxygen atoms in total. The van der Waals surface area contributed by atoms with Crippen LogP contribution in [0.1, 0.15) is 40.5 Å². The summed E-state index contributed by atoms with van der Waals surface area (Å²) in [7, 11) is 0. The lowest BCUT2D eigenvalue weighted by Crippen LogP contribution is -2.28. The Morgan fingerprint density at radius 3 is 2.59 bits per heavy atom. The summed E-state index contributed by atoms with van der Waals surface area (Å²) in [5.41, 5.74) is 2.41. The predicted octanol–water partition coefficient (Wildman–Crippen LogP) is 4.13. The summed E-state index contributed by atoms with van der Waals surface area (Å²) in [5.74, 6) is 0.284. The Bertz CT molecular complexity index is 854. The average Bonchev–Trinajstić information content (AvgIpc) is 3.21. The van der Waals surface area contributed by atoms with Crippen LogP contribution in [0.5, 0.6) is 5.75 Å². The highest BCUT2D eigenvalue weighted by atomic mass is 16.5. The van der Waals surface area contributed by atoms with E-state index in [1.807, 2.05) is 24.0 Å². The van der Waals surface area contributed by atoms with Gasteiger partial charge in [-0.1, -0.05) is 24.8 Å². The summed E-state index contributed by atoms with van der Waals surface area (Å²) in [6.45, 7) is 7.62. The molecule has 0 bridgehead atoms. The Kier molecular flexibility index (Phi) is 5.91. The van der Waals surface area contributed by atoms with Crippen molar-refractivity contribution in [1.29, 1.82) is 0 Å². The van der Waals surface area contributed by atoms with Crippen molar-refractivity contribution in [3.8, 4) is 5.75 Å². The van der Waals surface area contributed by atoms with Crippen molar-refractivity contribution >= 4 is 17.5 Å². The lowest BCUT2D eigenvalue weighted by atomic mass is 10.1. The van der Waals surface area contributed by atoms with E-state index in [0.29, 0.717) is 29.2 Å². The van der Waals surface area contributed by atoms with Gasteiger partial charge in [-0.05, 0) is 55.7 Å². The second-order valence-corrected chi connectivity index (χ2v) is 6.77. The van der Waals surface area contributed by atoms with Gasteiger partial charge < -0.3 is 15.0 Å². The minimum atomic E-state index is -0.280. The Labute approximate surface area is 159 Å². The van der Waals surface area contributed by atoms with Crippen LogP contribution in [0.25, 0.3) is 0 Å². The number of hydrogen-bond donors (Lipinski definition) is 1. The number of carbonyl (C=O) groups is 2. The topological polar surface area (TPSA) is 58.6 Å². The maximum Gasteiger partial charge on any atom is 0.255 e. The number of likely N-dealkylation sites (tertiary alicyclic amines) is 1. The molecule has 5 heteroatoms. The molecule has 1 saturated heterocycles. The van der Waals surface area contributed by atoms with Crippen LogP contribution in [0.2, 0.25) is 0 Å². The molecule has 140 valence electrons. The normalized spacial score (nSPS) is 13.3. The zero-order valence-corrected chi connectivity index (χ0v) is 15.5. The number of nitrogens with zero attached hydrogens (tertiary/aromatic N) is 1. The summed E-state index contributed by atoms with van der Waals surface area (Å²) < 4.78 is 5.60. The second-order valence-electron chi connectivity index (χ2n) is 6.77. The molecule has 3 rings (SSSR count). The number of para-hydroxylation sites is 1. The van der Waals surface area contributed by atoms with E-state index in [1.165, 1.54) is 0 Å². The van der Waals surface area contributed by atoms with Crippen LogP contribution in [0.3, 0.4) is 0 Å². The molecule has 0 aromatic heterocycles. The summed E-state index contributed by atoms with van der Waals surface area (Å²) >= 11 is 0. The number of ether oxygens (including phenoxy) is 1. The Morgan fingerprint density at radius 1 is 1.11 bits per heavy atom. The first-order valence-corrected chi connectivity index (χ1v) is 9.11. The first-order chi connectivity index (χ1) is 13.0. The first-order valence-electron chi connectivity index (χ1n) is 9.11. The molecule has 0 atom stereocenters. The monoisotopic (exact) mass is 364 g/mol. The third kappa shape index (κ3) is 4.76. The Balaban J connectivity index is 1.75. The van der Waals surface area contributed by atoms with Crippen molar-refractivity contribution in [1.82, 2.24) is 4.90 Å². The van der Waals surface area contributed by atoms with Crippen LogP contribution in [-0.2, 0) is 0 Å². The maximum atomic E-state index is 12.7. The van der Waals surface area contributed by atoms with E-state index < -0.39 is 0 Å². The van der Waals surface area contributed by atoms with Gasteiger partial charge >= 0.3 is 0 Å². The largest absolute Gasteiger partial charge is 0.489 e. The van der Waals surface area contributed by atoms with Crippen molar-refractivity contribution < 1.29 is 14.3 Å². The van der Waals surface area contributed by atoms with Gasteiger partial charge in [0.25, 0.3) is 11.8 Å². The fraction of sp³-hybridized carbons (Fsp3) is 0.273. The molecule has 0 aliphatic carbocycles. The Hall–Kier alpha value is -3.08. The lowest BCUT2D eigenvalue weighted by Gasteiger charge is -2.18. The minimum Gasteiger partial charge on any atom is -0.489 e. The molecule has 2 aromatic carbocycles. The van der Waals surface area contributed by atoms with Crippen LogP contribution in [0.15, 0.2) is 60.7 Å². The standard InChI is InChI=1S/C22H24N2O3/c1-16(2)15-27-18-9-7-8-17(14-18)21(25)23-20-11-4-3-10-19(20)22(26)24-12-5-6-13-24/h3-4,7-11,14H,1,5-6,12-13,15H2,2H3,(H,23,25). The third-order valence-corrected chi connectivity index (χ3v) is 4.38. The van der Waals surface area contributed by atoms with E-state index in [4.69, 9.17) is 4.74 Å². The highest BCUT2D eigenvalue weighted by Crippen LogP contribution is 2.22. The van der Waals surface area contributed by atoms with Gasteiger partial charge in [0.05, 0.1) is 11.3 Å². The summed E-state index contributed by atoms with van der Waals surface area (Å²) in [6.07, 6.45) is 2.05. The molecule has 1 aliphatic rings. The molecule has 1 heterocycles. The molecule has 2 aromatic rings. The molecule has 27 heavy (non-hydrogen) atoms. The van der Waals surface area contributed by atoms with Crippen molar-refractivity contribution in [2.24, 2.45) is 0 Å². The molecular weight excluding hydrogens is 340 g/mol. The van der Waals surface area contributed by atoms with E-state index in [0.717, 1.165) is 31.5 Å². The van der Waals surface area contributed by atoms with Gasteiger partial charge in [-0.25, -0.2) is 0 Å². The third-order valence-electron chi connectivity index (χ3n) is 4.38. The fourth-order valence-electron chi connectivity index (χ4n) is 3.00. The molecule has 2 amide bonds. The molecule has 0 radical (unpaired) electrons. The van der Waals surface area contributed by atoms with Crippen LogP contribution in [0, 0.1) is 0 Å². The number of benzene rings is 2. The van der Waals surface area contributed by atoms with E-state index >= 15 is 0 Å². The summed E-state index contributed by atoms with van der Waals surface area (Å²) in [4.78, 5) is 27.3. The van der Waals surface area contributed by atoms with E-state index in [1.54, 1.807) is 36.4 Å². The predicted molar refractivity (Wildman–Crippen MR) is 106 cm³/mol. The molecule has 0 unspecified atom stereocenters. The van der Waals surface area contributed by atoms with Gasteiger partial charge in [0, 0.05) is 18.7 Å². The number of amides is 2. The SMILES string of the molecule is C=C(C)COc1cccc(C(=O)Nc2ccccc2C(=O)N2CCCC2)c1. The van der Waals surface area contributed by atoms with Gasteiger partial charge in [-0.3, -0.25) is 9.59 Å². The van der Waals surface area contributed by atoms with Crippen molar-refractivity contribution in [2.45, 2.75) is 19.8 Å². The number of anilines is 1. The van der Waals surface area contributed by atoms with Gasteiger partial charge in [0.1, 0.15) is 12.4 Å². The van der Waals surface area contributed by atoms with E-state index in [9.17, 15) is 9.59 Å². The number of hydrogen-bond acceptors (Lipinski definition) is 3. The van der Waals surface area contributed by atoms with Gasteiger partial charge in [-0.15, -0.1) is 0 Å². The lowest BCUT2D eigenvalue weighted by molar-refractivity contribution is 0.0794. The zero-order valence-electron chi connectivity index (χ0n) is 15.5. The Morgan fingerprint density at radius 2 is 1.85 bits per heavy atom. The molecule has 0 saturated carbocycles. The molecule has 0 spiro atoms. The zero-order chi connectivity index (χ0) is 19.2. The minimum absolute atomic E-state index is 0.0399. The van der Waals surface area contributed by atoms with Crippen molar-refractivity contribution in [2.75, 3.05) is 25.0 Å². The molecule has 1 N–H and O–H groups in total. The van der Waals surface area contributed by atoms with Gasteiger partial charge in [0.2, 0.25) is 0 Å². The number of carbonyl (C=O) groups excluding carboxylic acids is 2. The molecular formula is C22H24N2O3. The van der Waals surface area contributed by atoms with Gasteiger partial charge in [-0.2, -0.15) is 0 Å². The van der Waals surface area contributed by atoms with E-state index in [2.05, 4.69) is 11.9 Å². The average molecular weight is 364 g/mol. The van der Waals surface area contributed by atoms with Crippen LogP contribution in [0.4, 0.5) is 5.69 Å². The highest BCUT2D eigenvalue weighted by Gasteiger charge is 2.22. The van der Waals surface area contributed by atoms with Gasteiger partial charge in [0.15, 0.2) is 0 Å². The van der Waals surface area contributed by atoms with Crippen molar-refractivity contribution in [3.63, 3.8) is 0 Å². The second kappa shape index (κ2) is 8.54. The number of rotatable bonds is 6. The smallest absolute Gasteiger partial charge is 0.255 e. The first kappa shape index (κ1) is 18.7. The number of nitrogens with one attached hydrogen (secondary N) is 1. The molecule has 1 aliphatic heterocycles. The highest BCUT2D eigenvalue weighted by molar-refractivity contribution is 6.09. The van der Waals surface area contributed by atoms with Crippen molar-refractivity contribution in [3.05, 3.63) is 71.8 Å². The fourth-order valence-corrected chi connectivity index (χ4v) is 3.00.